The van der Waals surface area contributed by atoms with Crippen LogP contribution < -0.4 is 4.90 Å². The molecule has 24 heavy (non-hydrogen) atoms. The number of hydrogen-bond donors (Lipinski definition) is 0. The lowest BCUT2D eigenvalue weighted by Gasteiger charge is -2.24. The minimum Gasteiger partial charge on any atom is -0.344 e. The summed E-state index contributed by atoms with van der Waals surface area (Å²) in [5.74, 6) is 0.890. The summed E-state index contributed by atoms with van der Waals surface area (Å²) in [6.07, 6.45) is 1.76. The Labute approximate surface area is 150 Å². The van der Waals surface area contributed by atoms with E-state index in [1.807, 2.05) is 35.4 Å². The summed E-state index contributed by atoms with van der Waals surface area (Å²) in [6.45, 7) is 2.95. The smallest absolute Gasteiger partial charge is 0.182 e. The molecule has 0 atom stereocenters. The van der Waals surface area contributed by atoms with Crippen molar-refractivity contribution in [3.63, 3.8) is 0 Å². The first-order chi connectivity index (χ1) is 11.6. The number of hydrogen-bond acceptors (Lipinski definition) is 4. The van der Waals surface area contributed by atoms with E-state index in [2.05, 4.69) is 11.1 Å². The zero-order chi connectivity index (χ0) is 16.9. The molecule has 0 radical (unpaired) electrons. The van der Waals surface area contributed by atoms with E-state index >= 15 is 0 Å². The number of aryl methyl sites for hydroxylation is 1. The molecule has 3 rings (SSSR count). The lowest BCUT2D eigenvalue weighted by Crippen LogP contribution is -2.30. The second-order valence-corrected chi connectivity index (χ2v) is 6.98. The molecular formula is C19H17ClN2OS. The van der Waals surface area contributed by atoms with Gasteiger partial charge in [-0.1, -0.05) is 23.7 Å². The van der Waals surface area contributed by atoms with E-state index in [0.717, 1.165) is 11.4 Å². The van der Waals surface area contributed by atoms with Crippen molar-refractivity contribution in [3.05, 3.63) is 81.1 Å². The molecule has 0 unspecified atom stereocenters. The van der Waals surface area contributed by atoms with E-state index in [0.29, 0.717) is 17.1 Å². The van der Waals surface area contributed by atoms with Crippen LogP contribution in [0.5, 0.6) is 0 Å². The Morgan fingerprint density at radius 2 is 1.96 bits per heavy atom. The maximum Gasteiger partial charge on any atom is 0.182 e. The zero-order valence-electron chi connectivity index (χ0n) is 13.3. The van der Waals surface area contributed by atoms with E-state index in [1.165, 1.54) is 4.88 Å². The fourth-order valence-corrected chi connectivity index (χ4v) is 3.35. The van der Waals surface area contributed by atoms with Gasteiger partial charge in [0.05, 0.1) is 13.1 Å². The van der Waals surface area contributed by atoms with Crippen molar-refractivity contribution in [3.8, 4) is 0 Å². The number of nitrogens with zero attached hydrogens (tertiary/aromatic N) is 2. The van der Waals surface area contributed by atoms with Crippen LogP contribution in [0.1, 0.15) is 20.8 Å². The molecule has 0 aliphatic carbocycles. The highest BCUT2D eigenvalue weighted by atomic mass is 35.5. The minimum atomic E-state index is 0.0493. The van der Waals surface area contributed by atoms with Crippen molar-refractivity contribution < 1.29 is 4.79 Å². The molecule has 0 amide bonds. The SMILES string of the molecule is Cc1cccnc1N(CC(=O)c1ccc(Cl)cc1)Cc1cccs1. The number of anilines is 1. The van der Waals surface area contributed by atoms with Crippen molar-refractivity contribution in [2.45, 2.75) is 13.5 Å². The van der Waals surface area contributed by atoms with E-state index in [9.17, 15) is 4.79 Å². The van der Waals surface area contributed by atoms with Gasteiger partial charge in [0.25, 0.3) is 0 Å². The third-order valence-electron chi connectivity index (χ3n) is 3.71. The number of pyridine rings is 1. The van der Waals surface area contributed by atoms with Crippen LogP contribution in [0.15, 0.2) is 60.1 Å². The number of benzene rings is 1. The number of carbonyl (C=O) groups is 1. The summed E-state index contributed by atoms with van der Waals surface area (Å²) in [5, 5.41) is 2.67. The van der Waals surface area contributed by atoms with Gasteiger partial charge in [-0.15, -0.1) is 11.3 Å². The van der Waals surface area contributed by atoms with Crippen LogP contribution in [0, 0.1) is 6.92 Å². The van der Waals surface area contributed by atoms with Gasteiger partial charge in [-0.3, -0.25) is 4.79 Å². The van der Waals surface area contributed by atoms with Crippen LogP contribution >= 0.6 is 22.9 Å². The van der Waals surface area contributed by atoms with E-state index in [-0.39, 0.29) is 12.3 Å². The number of carbonyl (C=O) groups excluding carboxylic acids is 1. The Morgan fingerprint density at radius 1 is 1.17 bits per heavy atom. The third-order valence-corrected chi connectivity index (χ3v) is 4.82. The van der Waals surface area contributed by atoms with Crippen LogP contribution in [0.25, 0.3) is 0 Å². The maximum absolute atomic E-state index is 12.7. The predicted molar refractivity (Wildman–Crippen MR) is 100 cm³/mol. The normalized spacial score (nSPS) is 10.6. The van der Waals surface area contributed by atoms with Crippen LogP contribution in [-0.2, 0) is 6.54 Å². The molecule has 0 bridgehead atoms. The molecule has 1 aromatic carbocycles. The van der Waals surface area contributed by atoms with Gasteiger partial charge in [0.1, 0.15) is 5.82 Å². The number of ketones is 1. The summed E-state index contributed by atoms with van der Waals surface area (Å²) >= 11 is 7.58. The topological polar surface area (TPSA) is 33.2 Å². The van der Waals surface area contributed by atoms with Gasteiger partial charge in [-0.25, -0.2) is 4.98 Å². The van der Waals surface area contributed by atoms with Crippen LogP contribution in [0.3, 0.4) is 0 Å². The first kappa shape index (κ1) is 16.7. The average molecular weight is 357 g/mol. The Balaban J connectivity index is 1.85. The molecular weight excluding hydrogens is 340 g/mol. The molecule has 3 nitrogen and oxygen atoms in total. The van der Waals surface area contributed by atoms with Crippen molar-refractivity contribution in [1.29, 1.82) is 0 Å². The number of thiophene rings is 1. The van der Waals surface area contributed by atoms with E-state index in [1.54, 1.807) is 41.8 Å². The van der Waals surface area contributed by atoms with Gasteiger partial charge < -0.3 is 4.90 Å². The van der Waals surface area contributed by atoms with Gasteiger partial charge in [0.15, 0.2) is 5.78 Å². The molecule has 0 saturated carbocycles. The lowest BCUT2D eigenvalue weighted by molar-refractivity contribution is 0.0998. The quantitative estimate of drug-likeness (QED) is 0.583. The molecule has 0 N–H and O–H groups in total. The highest BCUT2D eigenvalue weighted by molar-refractivity contribution is 7.09. The predicted octanol–water partition coefficient (Wildman–Crippen LogP) is 4.99. The summed E-state index contributed by atoms with van der Waals surface area (Å²) in [4.78, 5) is 20.4. The fourth-order valence-electron chi connectivity index (χ4n) is 2.51. The fraction of sp³-hybridized carbons (Fsp3) is 0.158. The first-order valence-corrected chi connectivity index (χ1v) is 8.87. The van der Waals surface area contributed by atoms with Gasteiger partial charge in [0, 0.05) is 21.7 Å². The molecule has 2 aromatic heterocycles. The highest BCUT2D eigenvalue weighted by Gasteiger charge is 2.17. The van der Waals surface area contributed by atoms with Gasteiger partial charge in [-0.05, 0) is 54.3 Å². The summed E-state index contributed by atoms with van der Waals surface area (Å²) < 4.78 is 0. The van der Waals surface area contributed by atoms with E-state index < -0.39 is 0 Å². The summed E-state index contributed by atoms with van der Waals surface area (Å²) in [7, 11) is 0. The summed E-state index contributed by atoms with van der Waals surface area (Å²) in [6, 6.07) is 15.0. The highest BCUT2D eigenvalue weighted by Crippen LogP contribution is 2.21. The minimum absolute atomic E-state index is 0.0493. The third kappa shape index (κ3) is 4.02. The molecule has 0 spiro atoms. The largest absolute Gasteiger partial charge is 0.344 e. The van der Waals surface area contributed by atoms with Crippen molar-refractivity contribution >= 4 is 34.5 Å². The molecule has 122 valence electrons. The van der Waals surface area contributed by atoms with E-state index in [4.69, 9.17) is 11.6 Å². The second kappa shape index (κ2) is 7.60. The van der Waals surface area contributed by atoms with Crippen LogP contribution in [-0.4, -0.2) is 17.3 Å². The summed E-state index contributed by atoms with van der Waals surface area (Å²) in [5.41, 5.74) is 1.71. The number of halogens is 1. The van der Waals surface area contributed by atoms with Gasteiger partial charge in [-0.2, -0.15) is 0 Å². The molecule has 3 aromatic rings. The Kier molecular flexibility index (Phi) is 5.28. The van der Waals surface area contributed by atoms with Crippen LogP contribution in [0.4, 0.5) is 5.82 Å². The molecule has 5 heteroatoms. The van der Waals surface area contributed by atoms with Crippen molar-refractivity contribution in [1.82, 2.24) is 4.98 Å². The van der Waals surface area contributed by atoms with Crippen molar-refractivity contribution in [2.24, 2.45) is 0 Å². The maximum atomic E-state index is 12.7. The standard InChI is InChI=1S/C19H17ClN2OS/c1-14-4-2-10-21-19(14)22(12-17-5-3-11-24-17)13-18(23)15-6-8-16(20)9-7-15/h2-11H,12-13H2,1H3. The zero-order valence-corrected chi connectivity index (χ0v) is 14.8. The molecule has 0 aliphatic heterocycles. The Hall–Kier alpha value is -2.17. The monoisotopic (exact) mass is 356 g/mol. The van der Waals surface area contributed by atoms with Crippen molar-refractivity contribution in [2.75, 3.05) is 11.4 Å². The Morgan fingerprint density at radius 3 is 2.62 bits per heavy atom. The number of rotatable bonds is 6. The van der Waals surface area contributed by atoms with Gasteiger partial charge in [0.2, 0.25) is 0 Å². The lowest BCUT2D eigenvalue weighted by atomic mass is 10.1. The van der Waals surface area contributed by atoms with Crippen LogP contribution in [0.2, 0.25) is 5.02 Å². The molecule has 0 saturated heterocycles. The second-order valence-electron chi connectivity index (χ2n) is 5.51. The first-order valence-electron chi connectivity index (χ1n) is 7.61. The average Bonchev–Trinajstić information content (AvgIpc) is 3.08. The Bertz CT molecular complexity index is 816. The number of Topliss-reactive ketones (excluding diaryl/α,β-unsaturated/α-hetero) is 1. The van der Waals surface area contributed by atoms with Gasteiger partial charge >= 0.3 is 0 Å². The molecule has 0 aliphatic rings. The molecule has 2 heterocycles. The molecule has 0 fully saturated rings. The number of aromatic nitrogens is 1.